The van der Waals surface area contributed by atoms with Crippen LogP contribution in [-0.2, 0) is 0 Å². The molecular formula is C61H40N6. The van der Waals surface area contributed by atoms with Crippen molar-refractivity contribution in [3.8, 4) is 95.7 Å². The Morgan fingerprint density at radius 3 is 1.19 bits per heavy atom. The molecule has 0 radical (unpaired) electrons. The predicted octanol–water partition coefficient (Wildman–Crippen LogP) is 15.1. The molecule has 0 spiro atoms. The van der Waals surface area contributed by atoms with Gasteiger partial charge in [0.25, 0.3) is 0 Å². The summed E-state index contributed by atoms with van der Waals surface area (Å²) in [4.78, 5) is 25.1. The number of hydrogen-bond acceptors (Lipinski definition) is 5. The number of para-hydroxylation sites is 2. The van der Waals surface area contributed by atoms with Gasteiger partial charge in [-0.1, -0.05) is 182 Å². The van der Waals surface area contributed by atoms with E-state index in [-0.39, 0.29) is 0 Å². The third kappa shape index (κ3) is 7.73. The first-order valence-corrected chi connectivity index (χ1v) is 22.4. The topological polar surface area (TPSA) is 69.4 Å². The maximum absolute atomic E-state index is 5.16. The molecule has 0 atom stereocenters. The summed E-state index contributed by atoms with van der Waals surface area (Å²) in [6.07, 6.45) is 3.88. The van der Waals surface area contributed by atoms with E-state index >= 15 is 0 Å². The molecule has 7 aromatic carbocycles. The number of fused-ring (bicyclic) bond motifs is 3. The molecule has 67 heavy (non-hydrogen) atoms. The normalized spacial score (nSPS) is 11.3. The van der Waals surface area contributed by atoms with Crippen LogP contribution in [0.4, 0.5) is 0 Å². The lowest BCUT2D eigenvalue weighted by atomic mass is 9.99. The summed E-state index contributed by atoms with van der Waals surface area (Å²) in [7, 11) is 0. The lowest BCUT2D eigenvalue weighted by molar-refractivity contribution is 1.13. The van der Waals surface area contributed by atoms with Gasteiger partial charge in [0.2, 0.25) is 0 Å². The summed E-state index contributed by atoms with van der Waals surface area (Å²) < 4.78 is 2.28. The number of aromatic nitrogens is 6. The highest BCUT2D eigenvalue weighted by Crippen LogP contribution is 2.35. The van der Waals surface area contributed by atoms with E-state index in [2.05, 4.69) is 193 Å². The minimum atomic E-state index is 0.705. The van der Waals surface area contributed by atoms with E-state index in [0.717, 1.165) is 101 Å². The van der Waals surface area contributed by atoms with Crippen molar-refractivity contribution in [3.63, 3.8) is 0 Å². The van der Waals surface area contributed by atoms with Gasteiger partial charge in [-0.15, -0.1) is 0 Å². The van der Waals surface area contributed by atoms with Gasteiger partial charge in [-0.05, 0) is 76.3 Å². The van der Waals surface area contributed by atoms with Crippen LogP contribution in [0, 0.1) is 0 Å². The fraction of sp³-hybridized carbons (Fsp3) is 0. The Balaban J connectivity index is 0.812. The molecule has 0 unspecified atom stereocenters. The van der Waals surface area contributed by atoms with Crippen LogP contribution in [0.5, 0.6) is 0 Å². The van der Waals surface area contributed by atoms with Gasteiger partial charge in [0.05, 0.1) is 57.1 Å². The van der Waals surface area contributed by atoms with Gasteiger partial charge >= 0.3 is 0 Å². The van der Waals surface area contributed by atoms with Crippen molar-refractivity contribution in [2.24, 2.45) is 0 Å². The molecule has 0 aliphatic carbocycles. The van der Waals surface area contributed by atoms with Gasteiger partial charge in [0, 0.05) is 39.2 Å². The molecule has 0 N–H and O–H groups in total. The van der Waals surface area contributed by atoms with Gasteiger partial charge in [-0.25, -0.2) is 15.0 Å². The Kier molecular flexibility index (Phi) is 10.1. The van der Waals surface area contributed by atoms with E-state index in [1.807, 2.05) is 54.9 Å². The van der Waals surface area contributed by atoms with Crippen molar-refractivity contribution in [3.05, 3.63) is 243 Å². The van der Waals surface area contributed by atoms with Crippen LogP contribution in [0.15, 0.2) is 243 Å². The average molecular weight is 857 g/mol. The highest BCUT2D eigenvalue weighted by molar-refractivity contribution is 6.09. The second-order valence-corrected chi connectivity index (χ2v) is 16.5. The van der Waals surface area contributed by atoms with Crippen molar-refractivity contribution in [2.45, 2.75) is 0 Å². The zero-order valence-electron chi connectivity index (χ0n) is 36.3. The molecule has 12 rings (SSSR count). The first-order chi connectivity index (χ1) is 33.2. The number of pyridine rings is 3. The van der Waals surface area contributed by atoms with E-state index in [0.29, 0.717) is 5.82 Å². The monoisotopic (exact) mass is 856 g/mol. The van der Waals surface area contributed by atoms with Gasteiger partial charge in [0.15, 0.2) is 5.82 Å². The summed E-state index contributed by atoms with van der Waals surface area (Å²) in [5.41, 5.74) is 17.8. The third-order valence-electron chi connectivity index (χ3n) is 12.4. The van der Waals surface area contributed by atoms with Crippen LogP contribution in [-0.4, -0.2) is 29.5 Å². The van der Waals surface area contributed by atoms with Crippen LogP contribution in [0.3, 0.4) is 0 Å². The molecule has 5 heterocycles. The van der Waals surface area contributed by atoms with E-state index in [9.17, 15) is 0 Å². The van der Waals surface area contributed by atoms with E-state index in [1.165, 1.54) is 10.8 Å². The molecule has 0 amide bonds. The van der Waals surface area contributed by atoms with Crippen molar-refractivity contribution >= 4 is 21.8 Å². The second-order valence-electron chi connectivity index (χ2n) is 16.5. The minimum Gasteiger partial charge on any atom is -0.308 e. The zero-order valence-corrected chi connectivity index (χ0v) is 36.3. The predicted molar refractivity (Wildman–Crippen MR) is 273 cm³/mol. The first kappa shape index (κ1) is 39.5. The maximum atomic E-state index is 5.16. The SMILES string of the molecule is c1ccc(-c2cc(-c3ccc(-c4ccc(-c5ccc(-c6cc(-c7ccccc7)nc(-c7ccccc7)n6)cc5)cc4)cn3)nc(-c3ccc(-n4c5ccccc5c5ccccc54)cn3)c2)cc1. The van der Waals surface area contributed by atoms with Crippen LogP contribution in [0.2, 0.25) is 0 Å². The molecule has 6 heteroatoms. The fourth-order valence-electron chi connectivity index (χ4n) is 8.93. The highest BCUT2D eigenvalue weighted by Gasteiger charge is 2.16. The zero-order chi connectivity index (χ0) is 44.5. The van der Waals surface area contributed by atoms with E-state index in [1.54, 1.807) is 0 Å². The summed E-state index contributed by atoms with van der Waals surface area (Å²) >= 11 is 0. The molecular weight excluding hydrogens is 817 g/mol. The molecule has 0 fully saturated rings. The Morgan fingerprint density at radius 2 is 0.672 bits per heavy atom. The summed E-state index contributed by atoms with van der Waals surface area (Å²) in [6, 6.07) is 79.8. The standard InChI is InChI=1S/C61H40N6/c1-4-14-41(15-5-1)49-36-57(64-58(37-49)54-35-33-50(40-63-54)67-59-22-12-10-20-51(59)52-21-11-13-23-60(52)67)53-34-32-48(39-62-53)44-26-24-42(25-27-44)43-28-30-46(31-29-43)56-38-55(45-16-6-2-7-17-45)65-61(66-56)47-18-8-3-9-19-47/h1-40H. The Morgan fingerprint density at radius 1 is 0.254 bits per heavy atom. The summed E-state index contributed by atoms with van der Waals surface area (Å²) in [6.45, 7) is 0. The van der Waals surface area contributed by atoms with Crippen molar-refractivity contribution in [2.75, 3.05) is 0 Å². The Hall–Kier alpha value is -9.13. The molecule has 6 nitrogen and oxygen atoms in total. The fourth-order valence-corrected chi connectivity index (χ4v) is 8.93. The molecule has 0 saturated carbocycles. The lowest BCUT2D eigenvalue weighted by Gasteiger charge is -2.12. The Bertz CT molecular complexity index is 3570. The quantitative estimate of drug-likeness (QED) is 0.145. The molecule has 0 bridgehead atoms. The van der Waals surface area contributed by atoms with Crippen molar-refractivity contribution in [1.29, 1.82) is 0 Å². The molecule has 0 aliphatic rings. The summed E-state index contributed by atoms with van der Waals surface area (Å²) in [5, 5.41) is 2.44. The van der Waals surface area contributed by atoms with Gasteiger partial charge in [0.1, 0.15) is 0 Å². The molecule has 0 saturated heterocycles. The van der Waals surface area contributed by atoms with Gasteiger partial charge in [-0.3, -0.25) is 9.97 Å². The third-order valence-corrected chi connectivity index (χ3v) is 12.4. The van der Waals surface area contributed by atoms with E-state index < -0.39 is 0 Å². The maximum Gasteiger partial charge on any atom is 0.160 e. The average Bonchev–Trinajstić information content (AvgIpc) is 3.76. The van der Waals surface area contributed by atoms with Crippen molar-refractivity contribution < 1.29 is 0 Å². The first-order valence-electron chi connectivity index (χ1n) is 22.4. The van der Waals surface area contributed by atoms with Crippen LogP contribution < -0.4 is 0 Å². The van der Waals surface area contributed by atoms with Gasteiger partial charge in [-0.2, -0.15) is 0 Å². The largest absolute Gasteiger partial charge is 0.308 e. The second kappa shape index (κ2) is 17.1. The number of hydrogen-bond donors (Lipinski definition) is 0. The minimum absolute atomic E-state index is 0.705. The van der Waals surface area contributed by atoms with Crippen LogP contribution in [0.1, 0.15) is 0 Å². The number of nitrogens with zero attached hydrogens (tertiary/aromatic N) is 6. The van der Waals surface area contributed by atoms with Crippen LogP contribution in [0.25, 0.3) is 118 Å². The van der Waals surface area contributed by atoms with Crippen molar-refractivity contribution in [1.82, 2.24) is 29.5 Å². The molecule has 314 valence electrons. The van der Waals surface area contributed by atoms with Gasteiger partial charge < -0.3 is 4.57 Å². The molecule has 5 aromatic heterocycles. The van der Waals surface area contributed by atoms with E-state index in [4.69, 9.17) is 24.9 Å². The Labute approximate surface area is 388 Å². The number of rotatable bonds is 9. The smallest absolute Gasteiger partial charge is 0.160 e. The van der Waals surface area contributed by atoms with Crippen LogP contribution >= 0.6 is 0 Å². The summed E-state index contributed by atoms with van der Waals surface area (Å²) in [5.74, 6) is 0.705. The highest BCUT2D eigenvalue weighted by atomic mass is 15.0. The number of benzene rings is 7. The molecule has 12 aromatic rings. The lowest BCUT2D eigenvalue weighted by Crippen LogP contribution is -1.97. The molecule has 0 aliphatic heterocycles.